The van der Waals surface area contributed by atoms with E-state index in [9.17, 15) is 0 Å². The van der Waals surface area contributed by atoms with Crippen molar-refractivity contribution in [3.8, 4) is 17.7 Å². The van der Waals surface area contributed by atoms with Gasteiger partial charge in [-0.1, -0.05) is 11.6 Å². The van der Waals surface area contributed by atoms with Gasteiger partial charge in [-0.05, 0) is 36.4 Å². The van der Waals surface area contributed by atoms with Crippen LogP contribution in [-0.4, -0.2) is 4.98 Å². The van der Waals surface area contributed by atoms with Gasteiger partial charge in [-0.3, -0.25) is 0 Å². The van der Waals surface area contributed by atoms with Gasteiger partial charge in [0.25, 0.3) is 0 Å². The smallest absolute Gasteiger partial charge is 0.238 e. The lowest BCUT2D eigenvalue weighted by molar-refractivity contribution is 0.463. The fourth-order valence-electron chi connectivity index (χ4n) is 1.16. The van der Waals surface area contributed by atoms with Gasteiger partial charge in [0.05, 0.1) is 11.6 Å². The van der Waals surface area contributed by atoms with E-state index in [0.29, 0.717) is 22.2 Å². The molecule has 78 valence electrons. The van der Waals surface area contributed by atoms with E-state index in [1.54, 1.807) is 42.6 Å². The first-order valence-corrected chi connectivity index (χ1v) is 4.96. The zero-order valence-electron chi connectivity index (χ0n) is 8.22. The molecule has 3 nitrogen and oxygen atoms in total. The maximum Gasteiger partial charge on any atom is 0.238 e. The Labute approximate surface area is 97.9 Å². The third kappa shape index (κ3) is 2.30. The molecular formula is C12H7ClN2O. The standard InChI is InChI=1S/C12H7ClN2O/c13-11-2-1-7-15-12(11)16-10-5-3-9(8-14)4-6-10/h1-7H. The first kappa shape index (κ1) is 10.5. The van der Waals surface area contributed by atoms with Crippen molar-refractivity contribution < 1.29 is 4.74 Å². The maximum absolute atomic E-state index is 8.64. The molecule has 0 aliphatic heterocycles. The van der Waals surface area contributed by atoms with Crippen LogP contribution in [0.25, 0.3) is 0 Å². The van der Waals surface area contributed by atoms with Gasteiger partial charge in [0, 0.05) is 6.20 Å². The molecule has 0 aliphatic carbocycles. The molecule has 0 saturated carbocycles. The number of nitrogens with zero attached hydrogens (tertiary/aromatic N) is 2. The molecule has 16 heavy (non-hydrogen) atoms. The van der Waals surface area contributed by atoms with E-state index < -0.39 is 0 Å². The van der Waals surface area contributed by atoms with Crippen molar-refractivity contribution in [1.82, 2.24) is 4.98 Å². The van der Waals surface area contributed by atoms with Crippen LogP contribution in [0.1, 0.15) is 5.56 Å². The van der Waals surface area contributed by atoms with Crippen LogP contribution in [-0.2, 0) is 0 Å². The molecule has 0 saturated heterocycles. The first-order valence-electron chi connectivity index (χ1n) is 4.58. The first-order chi connectivity index (χ1) is 7.79. The lowest BCUT2D eigenvalue weighted by atomic mass is 10.2. The predicted octanol–water partition coefficient (Wildman–Crippen LogP) is 3.40. The minimum Gasteiger partial charge on any atom is -0.438 e. The maximum atomic E-state index is 8.64. The Morgan fingerprint density at radius 3 is 2.56 bits per heavy atom. The summed E-state index contributed by atoms with van der Waals surface area (Å²) in [5.41, 5.74) is 0.583. The summed E-state index contributed by atoms with van der Waals surface area (Å²) in [5.74, 6) is 0.952. The molecule has 0 aliphatic rings. The summed E-state index contributed by atoms with van der Waals surface area (Å²) in [6, 6.07) is 12.2. The Balaban J connectivity index is 2.22. The van der Waals surface area contributed by atoms with Crippen molar-refractivity contribution in [2.24, 2.45) is 0 Å². The van der Waals surface area contributed by atoms with E-state index in [0.717, 1.165) is 0 Å². The number of pyridine rings is 1. The molecule has 1 aromatic carbocycles. The number of benzene rings is 1. The summed E-state index contributed by atoms with van der Waals surface area (Å²) in [4.78, 5) is 4.00. The van der Waals surface area contributed by atoms with Crippen LogP contribution in [0.2, 0.25) is 5.02 Å². The van der Waals surface area contributed by atoms with E-state index in [-0.39, 0.29) is 0 Å². The van der Waals surface area contributed by atoms with Crippen LogP contribution < -0.4 is 4.74 Å². The summed E-state index contributed by atoms with van der Waals surface area (Å²) >= 11 is 5.89. The number of rotatable bonds is 2. The van der Waals surface area contributed by atoms with Crippen LogP contribution >= 0.6 is 11.6 Å². The second-order valence-corrected chi connectivity index (χ2v) is 3.44. The highest BCUT2D eigenvalue weighted by atomic mass is 35.5. The normalized spacial score (nSPS) is 9.50. The van der Waals surface area contributed by atoms with Gasteiger partial charge >= 0.3 is 0 Å². The highest BCUT2D eigenvalue weighted by molar-refractivity contribution is 6.31. The molecule has 0 spiro atoms. The summed E-state index contributed by atoms with van der Waals surface area (Å²) in [6.07, 6.45) is 1.60. The predicted molar refractivity (Wildman–Crippen MR) is 60.5 cm³/mol. The number of hydrogen-bond acceptors (Lipinski definition) is 3. The fourth-order valence-corrected chi connectivity index (χ4v) is 1.32. The zero-order valence-corrected chi connectivity index (χ0v) is 8.98. The van der Waals surface area contributed by atoms with E-state index in [4.69, 9.17) is 21.6 Å². The van der Waals surface area contributed by atoms with Gasteiger partial charge in [-0.2, -0.15) is 5.26 Å². The van der Waals surface area contributed by atoms with Crippen molar-refractivity contribution in [1.29, 1.82) is 5.26 Å². The third-order valence-electron chi connectivity index (χ3n) is 1.92. The minimum atomic E-state index is 0.355. The Morgan fingerprint density at radius 1 is 1.19 bits per heavy atom. The minimum absolute atomic E-state index is 0.355. The van der Waals surface area contributed by atoms with Gasteiger partial charge in [0.2, 0.25) is 5.88 Å². The SMILES string of the molecule is N#Cc1ccc(Oc2ncccc2Cl)cc1. The van der Waals surface area contributed by atoms with Crippen molar-refractivity contribution >= 4 is 11.6 Å². The number of ether oxygens (including phenoxy) is 1. The van der Waals surface area contributed by atoms with Crippen LogP contribution in [0, 0.1) is 11.3 Å². The average Bonchev–Trinajstić information content (AvgIpc) is 2.33. The molecule has 1 heterocycles. The Bertz CT molecular complexity index is 531. The van der Waals surface area contributed by atoms with Crippen molar-refractivity contribution in [3.63, 3.8) is 0 Å². The topological polar surface area (TPSA) is 45.9 Å². The van der Waals surface area contributed by atoms with E-state index in [2.05, 4.69) is 4.98 Å². The monoisotopic (exact) mass is 230 g/mol. The third-order valence-corrected chi connectivity index (χ3v) is 2.21. The Kier molecular flexibility index (Phi) is 3.04. The van der Waals surface area contributed by atoms with Gasteiger partial charge in [-0.15, -0.1) is 0 Å². The molecule has 2 aromatic rings. The molecule has 0 unspecified atom stereocenters. The van der Waals surface area contributed by atoms with Crippen molar-refractivity contribution in [3.05, 3.63) is 53.2 Å². The number of aromatic nitrogens is 1. The Morgan fingerprint density at radius 2 is 1.94 bits per heavy atom. The Hall–Kier alpha value is -2.05. The summed E-state index contributed by atoms with van der Waals surface area (Å²) in [6.45, 7) is 0. The van der Waals surface area contributed by atoms with E-state index >= 15 is 0 Å². The molecule has 0 amide bonds. The summed E-state index contributed by atoms with van der Waals surface area (Å²) in [5, 5.41) is 9.09. The molecule has 0 radical (unpaired) electrons. The summed E-state index contributed by atoms with van der Waals surface area (Å²) < 4.78 is 5.46. The number of nitriles is 1. The van der Waals surface area contributed by atoms with Crippen molar-refractivity contribution in [2.45, 2.75) is 0 Å². The van der Waals surface area contributed by atoms with Gasteiger partial charge < -0.3 is 4.74 Å². The van der Waals surface area contributed by atoms with Crippen LogP contribution in [0.5, 0.6) is 11.6 Å². The van der Waals surface area contributed by atoms with Gasteiger partial charge in [0.15, 0.2) is 0 Å². The number of halogens is 1. The lowest BCUT2D eigenvalue weighted by Crippen LogP contribution is -1.88. The molecule has 0 N–H and O–H groups in total. The molecule has 1 aromatic heterocycles. The van der Waals surface area contributed by atoms with Crippen molar-refractivity contribution in [2.75, 3.05) is 0 Å². The zero-order chi connectivity index (χ0) is 11.4. The lowest BCUT2D eigenvalue weighted by Gasteiger charge is -2.05. The molecule has 0 atom stereocenters. The second-order valence-electron chi connectivity index (χ2n) is 3.03. The van der Waals surface area contributed by atoms with Crippen LogP contribution in [0.4, 0.5) is 0 Å². The van der Waals surface area contributed by atoms with E-state index in [1.165, 1.54) is 0 Å². The summed E-state index contributed by atoms with van der Waals surface area (Å²) in [7, 11) is 0. The molecule has 2 rings (SSSR count). The van der Waals surface area contributed by atoms with Gasteiger partial charge in [-0.25, -0.2) is 4.98 Å². The highest BCUT2D eigenvalue weighted by Gasteiger charge is 2.03. The largest absolute Gasteiger partial charge is 0.438 e. The fraction of sp³-hybridized carbons (Fsp3) is 0. The van der Waals surface area contributed by atoms with Crippen LogP contribution in [0.3, 0.4) is 0 Å². The van der Waals surface area contributed by atoms with Gasteiger partial charge in [0.1, 0.15) is 10.8 Å². The second kappa shape index (κ2) is 4.65. The molecule has 4 heteroatoms. The molecule has 0 fully saturated rings. The van der Waals surface area contributed by atoms with E-state index in [1.807, 2.05) is 6.07 Å². The molecular weight excluding hydrogens is 224 g/mol. The number of hydrogen-bond donors (Lipinski definition) is 0. The van der Waals surface area contributed by atoms with Crippen LogP contribution in [0.15, 0.2) is 42.6 Å². The quantitative estimate of drug-likeness (QED) is 0.794. The average molecular weight is 231 g/mol. The molecule has 0 bridgehead atoms. The highest BCUT2D eigenvalue weighted by Crippen LogP contribution is 2.26.